The molecule has 0 spiro atoms. The molecule has 5 nitrogen and oxygen atoms in total. The number of hydrogen-bond acceptors (Lipinski definition) is 3. The predicted molar refractivity (Wildman–Crippen MR) is 92.0 cm³/mol. The number of aryl methyl sites for hydroxylation is 1. The Morgan fingerprint density at radius 3 is 2.79 bits per heavy atom. The lowest BCUT2D eigenvalue weighted by atomic mass is 10.2. The highest BCUT2D eigenvalue weighted by Crippen LogP contribution is 2.16. The van der Waals surface area contributed by atoms with Crippen LogP contribution >= 0.6 is 11.6 Å². The number of benzene rings is 1. The SMILES string of the molecule is Cc1ccc(CN(C)C(=O)c2cnn(Cc3ccccc3Cl)c2)o1. The molecule has 0 aliphatic rings. The van der Waals surface area contributed by atoms with Crippen LogP contribution in [-0.4, -0.2) is 27.6 Å². The van der Waals surface area contributed by atoms with E-state index in [9.17, 15) is 4.79 Å². The second-order valence-electron chi connectivity index (χ2n) is 5.69. The van der Waals surface area contributed by atoms with Crippen LogP contribution in [0.2, 0.25) is 5.02 Å². The van der Waals surface area contributed by atoms with Crippen molar-refractivity contribution in [1.82, 2.24) is 14.7 Å². The molecule has 0 atom stereocenters. The lowest BCUT2D eigenvalue weighted by molar-refractivity contribution is 0.0775. The van der Waals surface area contributed by atoms with E-state index in [1.807, 2.05) is 43.3 Å². The molecule has 0 saturated carbocycles. The normalized spacial score (nSPS) is 10.8. The maximum Gasteiger partial charge on any atom is 0.257 e. The zero-order valence-corrected chi connectivity index (χ0v) is 14.3. The molecule has 6 heteroatoms. The molecule has 1 aromatic carbocycles. The minimum Gasteiger partial charge on any atom is -0.464 e. The molecule has 0 fully saturated rings. The lowest BCUT2D eigenvalue weighted by Gasteiger charge is -2.14. The Kier molecular flexibility index (Phi) is 4.71. The molecule has 124 valence electrons. The molecule has 0 aliphatic heterocycles. The van der Waals surface area contributed by atoms with Gasteiger partial charge in [0.2, 0.25) is 0 Å². The number of nitrogens with zero attached hydrogens (tertiary/aromatic N) is 3. The maximum absolute atomic E-state index is 12.5. The monoisotopic (exact) mass is 343 g/mol. The zero-order valence-electron chi connectivity index (χ0n) is 13.6. The summed E-state index contributed by atoms with van der Waals surface area (Å²) < 4.78 is 7.22. The quantitative estimate of drug-likeness (QED) is 0.708. The summed E-state index contributed by atoms with van der Waals surface area (Å²) in [6.45, 7) is 2.82. The second kappa shape index (κ2) is 6.93. The topological polar surface area (TPSA) is 51.3 Å². The Balaban J connectivity index is 1.68. The fourth-order valence-electron chi connectivity index (χ4n) is 2.46. The van der Waals surface area contributed by atoms with E-state index >= 15 is 0 Å². The Labute approximate surface area is 145 Å². The largest absolute Gasteiger partial charge is 0.464 e. The van der Waals surface area contributed by atoms with E-state index < -0.39 is 0 Å². The van der Waals surface area contributed by atoms with Crippen molar-refractivity contribution < 1.29 is 9.21 Å². The third-order valence-electron chi connectivity index (χ3n) is 3.71. The van der Waals surface area contributed by atoms with Crippen molar-refractivity contribution in [3.05, 3.63) is 76.5 Å². The van der Waals surface area contributed by atoms with Crippen molar-refractivity contribution in [1.29, 1.82) is 0 Å². The first-order chi connectivity index (χ1) is 11.5. The summed E-state index contributed by atoms with van der Waals surface area (Å²) >= 11 is 6.16. The van der Waals surface area contributed by atoms with Crippen molar-refractivity contribution in [2.75, 3.05) is 7.05 Å². The summed E-state index contributed by atoms with van der Waals surface area (Å²) in [5.74, 6) is 1.49. The molecule has 0 saturated heterocycles. The highest BCUT2D eigenvalue weighted by Gasteiger charge is 2.15. The van der Waals surface area contributed by atoms with Gasteiger partial charge in [0, 0.05) is 18.3 Å². The van der Waals surface area contributed by atoms with Gasteiger partial charge in [-0.2, -0.15) is 5.10 Å². The van der Waals surface area contributed by atoms with Crippen LogP contribution in [-0.2, 0) is 13.1 Å². The molecule has 2 aromatic heterocycles. The molecule has 3 rings (SSSR count). The number of rotatable bonds is 5. The van der Waals surface area contributed by atoms with E-state index in [1.165, 1.54) is 0 Å². The molecular formula is C18H18ClN3O2. The van der Waals surface area contributed by atoms with Gasteiger partial charge in [-0.1, -0.05) is 29.8 Å². The Bertz CT molecular complexity index is 853. The van der Waals surface area contributed by atoms with Crippen LogP contribution in [0.1, 0.15) is 27.4 Å². The number of hydrogen-bond donors (Lipinski definition) is 0. The van der Waals surface area contributed by atoms with Crippen LogP contribution in [0.15, 0.2) is 53.2 Å². The fourth-order valence-corrected chi connectivity index (χ4v) is 2.65. The number of carbonyl (C=O) groups excluding carboxylic acids is 1. The second-order valence-corrected chi connectivity index (χ2v) is 6.10. The van der Waals surface area contributed by atoms with Gasteiger partial charge in [-0.3, -0.25) is 9.48 Å². The zero-order chi connectivity index (χ0) is 17.1. The number of halogens is 1. The Morgan fingerprint density at radius 2 is 2.08 bits per heavy atom. The summed E-state index contributed by atoms with van der Waals surface area (Å²) in [7, 11) is 1.74. The van der Waals surface area contributed by atoms with Gasteiger partial charge in [0.15, 0.2) is 0 Å². The number of amides is 1. The van der Waals surface area contributed by atoms with Gasteiger partial charge >= 0.3 is 0 Å². The molecule has 0 N–H and O–H groups in total. The van der Waals surface area contributed by atoms with Gasteiger partial charge in [-0.15, -0.1) is 0 Å². The molecule has 0 aliphatic carbocycles. The van der Waals surface area contributed by atoms with Crippen LogP contribution in [0.3, 0.4) is 0 Å². The van der Waals surface area contributed by atoms with E-state index in [-0.39, 0.29) is 5.91 Å². The van der Waals surface area contributed by atoms with Crippen LogP contribution in [0.5, 0.6) is 0 Å². The van der Waals surface area contributed by atoms with Crippen LogP contribution in [0, 0.1) is 6.92 Å². The summed E-state index contributed by atoms with van der Waals surface area (Å²) in [4.78, 5) is 14.1. The average molecular weight is 344 g/mol. The molecule has 1 amide bonds. The molecule has 2 heterocycles. The third kappa shape index (κ3) is 3.68. The number of carbonyl (C=O) groups is 1. The van der Waals surface area contributed by atoms with Gasteiger partial charge in [-0.25, -0.2) is 0 Å². The van der Waals surface area contributed by atoms with Gasteiger partial charge in [0.25, 0.3) is 5.91 Å². The van der Waals surface area contributed by atoms with Crippen molar-refractivity contribution in [2.24, 2.45) is 0 Å². The first-order valence-electron chi connectivity index (χ1n) is 7.59. The van der Waals surface area contributed by atoms with Gasteiger partial charge in [-0.05, 0) is 30.7 Å². The van der Waals surface area contributed by atoms with Crippen LogP contribution in [0.4, 0.5) is 0 Å². The highest BCUT2D eigenvalue weighted by atomic mass is 35.5. The standard InChI is InChI=1S/C18H18ClN3O2/c1-13-7-8-16(24-13)12-21(2)18(23)15-9-20-22(11-15)10-14-5-3-4-6-17(14)19/h3-9,11H,10,12H2,1-2H3. The Morgan fingerprint density at radius 1 is 1.29 bits per heavy atom. The van der Waals surface area contributed by atoms with E-state index in [0.29, 0.717) is 23.7 Å². The van der Waals surface area contributed by atoms with Crippen molar-refractivity contribution in [3.8, 4) is 0 Å². The van der Waals surface area contributed by atoms with E-state index in [1.54, 1.807) is 29.0 Å². The molecule has 0 bridgehead atoms. The summed E-state index contributed by atoms with van der Waals surface area (Å²) in [6, 6.07) is 11.3. The van der Waals surface area contributed by atoms with E-state index in [0.717, 1.165) is 17.1 Å². The summed E-state index contributed by atoms with van der Waals surface area (Å²) in [6.07, 6.45) is 3.30. The first-order valence-corrected chi connectivity index (χ1v) is 7.97. The Hall–Kier alpha value is -2.53. The van der Waals surface area contributed by atoms with Crippen molar-refractivity contribution >= 4 is 17.5 Å². The summed E-state index contributed by atoms with van der Waals surface area (Å²) in [5, 5.41) is 4.94. The smallest absolute Gasteiger partial charge is 0.257 e. The maximum atomic E-state index is 12.5. The lowest BCUT2D eigenvalue weighted by Crippen LogP contribution is -2.25. The molecule has 24 heavy (non-hydrogen) atoms. The molecule has 0 radical (unpaired) electrons. The van der Waals surface area contributed by atoms with Gasteiger partial charge in [0.1, 0.15) is 11.5 Å². The number of furan rings is 1. The average Bonchev–Trinajstić information content (AvgIpc) is 3.18. The van der Waals surface area contributed by atoms with Crippen molar-refractivity contribution in [2.45, 2.75) is 20.0 Å². The molecule has 3 aromatic rings. The van der Waals surface area contributed by atoms with Gasteiger partial charge < -0.3 is 9.32 Å². The first kappa shape index (κ1) is 16.3. The summed E-state index contributed by atoms with van der Waals surface area (Å²) in [5.41, 5.74) is 1.49. The fraction of sp³-hybridized carbons (Fsp3) is 0.222. The number of aromatic nitrogens is 2. The van der Waals surface area contributed by atoms with E-state index in [4.69, 9.17) is 16.0 Å². The van der Waals surface area contributed by atoms with Gasteiger partial charge in [0.05, 0.1) is 24.8 Å². The third-order valence-corrected chi connectivity index (χ3v) is 4.07. The van der Waals surface area contributed by atoms with Crippen LogP contribution in [0.25, 0.3) is 0 Å². The minimum absolute atomic E-state index is 0.102. The minimum atomic E-state index is -0.102. The van der Waals surface area contributed by atoms with Crippen molar-refractivity contribution in [3.63, 3.8) is 0 Å². The highest BCUT2D eigenvalue weighted by molar-refractivity contribution is 6.31. The van der Waals surface area contributed by atoms with E-state index in [2.05, 4.69) is 5.10 Å². The molecular weight excluding hydrogens is 326 g/mol. The predicted octanol–water partition coefficient (Wildman–Crippen LogP) is 3.76. The van der Waals surface area contributed by atoms with Crippen LogP contribution < -0.4 is 0 Å². The molecule has 0 unspecified atom stereocenters.